The summed E-state index contributed by atoms with van der Waals surface area (Å²) in [5.41, 5.74) is 1.97. The van der Waals surface area contributed by atoms with E-state index in [1.54, 1.807) is 34.5 Å². The first-order valence-corrected chi connectivity index (χ1v) is 11.2. The molecule has 0 spiro atoms. The Hall–Kier alpha value is -2.09. The Morgan fingerprint density at radius 2 is 1.74 bits per heavy atom. The highest BCUT2D eigenvalue weighted by Crippen LogP contribution is 2.42. The summed E-state index contributed by atoms with van der Waals surface area (Å²) in [4.78, 5) is 6.42. The van der Waals surface area contributed by atoms with Crippen LogP contribution >= 0.6 is 11.8 Å². The molecule has 0 aliphatic carbocycles. The molecule has 1 atom stereocenters. The first-order chi connectivity index (χ1) is 13.0. The molecule has 2 heterocycles. The number of sulfonamides is 1. The van der Waals surface area contributed by atoms with Crippen LogP contribution in [0.4, 0.5) is 5.69 Å². The fourth-order valence-electron chi connectivity index (χ4n) is 3.50. The third-order valence-corrected chi connectivity index (χ3v) is 8.08. The van der Waals surface area contributed by atoms with Crippen LogP contribution < -0.4 is 4.90 Å². The molecule has 3 aromatic rings. The van der Waals surface area contributed by atoms with Crippen molar-refractivity contribution < 1.29 is 8.42 Å². The minimum absolute atomic E-state index is 0.217. The van der Waals surface area contributed by atoms with E-state index >= 15 is 0 Å². The maximum atomic E-state index is 13.6. The lowest BCUT2D eigenvalue weighted by atomic mass is 10.1. The molecular formula is C20H21N3O2S2. The molecule has 1 aliphatic rings. The maximum Gasteiger partial charge on any atom is 0.245 e. The highest BCUT2D eigenvalue weighted by atomic mass is 32.2. The SMILES string of the molecule is CN(C)c1cccc2c(S(=O)(=O)N3CCSC3c3ccncc3)cccc12. The normalized spacial score (nSPS) is 18.1. The molecule has 0 bridgehead atoms. The Bertz CT molecular complexity index is 1070. The highest BCUT2D eigenvalue weighted by molar-refractivity contribution is 8.01. The number of benzene rings is 2. The van der Waals surface area contributed by atoms with Crippen molar-refractivity contribution in [2.45, 2.75) is 10.3 Å². The fourth-order valence-corrected chi connectivity index (χ4v) is 6.95. The zero-order chi connectivity index (χ0) is 19.0. The highest BCUT2D eigenvalue weighted by Gasteiger charge is 2.37. The van der Waals surface area contributed by atoms with Gasteiger partial charge in [0, 0.05) is 55.2 Å². The smallest absolute Gasteiger partial charge is 0.245 e. The molecule has 5 nitrogen and oxygen atoms in total. The summed E-state index contributed by atoms with van der Waals surface area (Å²) in [6, 6.07) is 15.1. The molecule has 7 heteroatoms. The minimum Gasteiger partial charge on any atom is -0.377 e. The quantitative estimate of drug-likeness (QED) is 0.669. The van der Waals surface area contributed by atoms with Gasteiger partial charge in [-0.1, -0.05) is 24.3 Å². The summed E-state index contributed by atoms with van der Waals surface area (Å²) in [5.74, 6) is 0.778. The monoisotopic (exact) mass is 399 g/mol. The molecule has 140 valence electrons. The first kappa shape index (κ1) is 18.3. The molecule has 0 amide bonds. The van der Waals surface area contributed by atoms with E-state index in [0.29, 0.717) is 11.4 Å². The predicted molar refractivity (Wildman–Crippen MR) is 112 cm³/mol. The average molecular weight is 400 g/mol. The first-order valence-electron chi connectivity index (χ1n) is 8.72. The number of hydrogen-bond donors (Lipinski definition) is 0. The molecule has 1 fully saturated rings. The molecular weight excluding hydrogens is 378 g/mol. The standard InChI is InChI=1S/C20H21N3O2S2/c1-22(2)18-7-3-6-17-16(18)5-4-8-19(17)27(24,25)23-13-14-26-20(23)15-9-11-21-12-10-15/h3-12,20H,13-14H2,1-2H3. The third kappa shape index (κ3) is 3.20. The van der Waals surface area contributed by atoms with Crippen LogP contribution in [-0.4, -0.2) is 44.1 Å². The molecule has 0 saturated carbocycles. The molecule has 4 rings (SSSR count). The van der Waals surface area contributed by atoms with Gasteiger partial charge in [-0.15, -0.1) is 11.8 Å². The number of thioether (sulfide) groups is 1. The van der Waals surface area contributed by atoms with E-state index in [1.165, 1.54) is 0 Å². The van der Waals surface area contributed by atoms with Crippen molar-refractivity contribution in [2.24, 2.45) is 0 Å². The number of nitrogens with zero attached hydrogens (tertiary/aromatic N) is 3. The Kier molecular flexibility index (Phi) is 4.84. The van der Waals surface area contributed by atoms with Crippen LogP contribution in [0.3, 0.4) is 0 Å². The van der Waals surface area contributed by atoms with E-state index in [9.17, 15) is 8.42 Å². The van der Waals surface area contributed by atoms with Crippen LogP contribution in [0.1, 0.15) is 10.9 Å². The lowest BCUT2D eigenvalue weighted by Crippen LogP contribution is -2.30. The van der Waals surface area contributed by atoms with Gasteiger partial charge in [-0.25, -0.2) is 8.42 Å². The van der Waals surface area contributed by atoms with E-state index in [0.717, 1.165) is 27.8 Å². The number of pyridine rings is 1. The van der Waals surface area contributed by atoms with Gasteiger partial charge in [0.25, 0.3) is 0 Å². The van der Waals surface area contributed by atoms with Crippen LogP contribution in [0.15, 0.2) is 65.8 Å². The van der Waals surface area contributed by atoms with E-state index in [2.05, 4.69) is 4.98 Å². The number of rotatable bonds is 4. The Labute approximate surface area is 164 Å². The molecule has 0 N–H and O–H groups in total. The Morgan fingerprint density at radius 3 is 2.48 bits per heavy atom. The number of hydrogen-bond acceptors (Lipinski definition) is 5. The minimum atomic E-state index is -3.63. The van der Waals surface area contributed by atoms with Crippen LogP contribution in [-0.2, 0) is 10.0 Å². The second-order valence-electron chi connectivity index (χ2n) is 6.64. The van der Waals surface area contributed by atoms with E-state index in [-0.39, 0.29) is 5.37 Å². The summed E-state index contributed by atoms with van der Waals surface area (Å²) in [5, 5.41) is 1.48. The lowest BCUT2D eigenvalue weighted by Gasteiger charge is -2.24. The predicted octanol–water partition coefficient (Wildman–Crippen LogP) is 3.74. The van der Waals surface area contributed by atoms with Gasteiger partial charge in [-0.2, -0.15) is 4.31 Å². The lowest BCUT2D eigenvalue weighted by molar-refractivity contribution is 0.435. The van der Waals surface area contributed by atoms with Crippen molar-refractivity contribution >= 4 is 38.2 Å². The summed E-state index contributed by atoms with van der Waals surface area (Å²) in [6.07, 6.45) is 3.42. The Morgan fingerprint density at radius 1 is 1.04 bits per heavy atom. The zero-order valence-electron chi connectivity index (χ0n) is 15.2. The van der Waals surface area contributed by atoms with Crippen LogP contribution in [0.5, 0.6) is 0 Å². The number of anilines is 1. The van der Waals surface area contributed by atoms with Gasteiger partial charge in [0.05, 0.1) is 10.3 Å². The van der Waals surface area contributed by atoms with Gasteiger partial charge in [0.2, 0.25) is 10.0 Å². The van der Waals surface area contributed by atoms with E-state index < -0.39 is 10.0 Å². The third-order valence-electron chi connectivity index (χ3n) is 4.77. The largest absolute Gasteiger partial charge is 0.377 e. The van der Waals surface area contributed by atoms with Gasteiger partial charge >= 0.3 is 0 Å². The van der Waals surface area contributed by atoms with Gasteiger partial charge in [-0.3, -0.25) is 4.98 Å². The van der Waals surface area contributed by atoms with Crippen molar-refractivity contribution in [3.8, 4) is 0 Å². The van der Waals surface area contributed by atoms with E-state index in [4.69, 9.17) is 0 Å². The van der Waals surface area contributed by atoms with Gasteiger partial charge < -0.3 is 4.90 Å². The summed E-state index contributed by atoms with van der Waals surface area (Å²) < 4.78 is 28.8. The maximum absolute atomic E-state index is 13.6. The van der Waals surface area contributed by atoms with Gasteiger partial charge in [0.15, 0.2) is 0 Å². The zero-order valence-corrected chi connectivity index (χ0v) is 16.9. The number of aromatic nitrogens is 1. The van der Waals surface area contributed by atoms with Crippen molar-refractivity contribution in [2.75, 3.05) is 31.3 Å². The van der Waals surface area contributed by atoms with Crippen LogP contribution in [0.2, 0.25) is 0 Å². The number of fused-ring (bicyclic) bond motifs is 1. The van der Waals surface area contributed by atoms with E-state index in [1.807, 2.05) is 61.5 Å². The van der Waals surface area contributed by atoms with Gasteiger partial charge in [0.1, 0.15) is 0 Å². The molecule has 1 unspecified atom stereocenters. The Balaban J connectivity index is 1.84. The molecule has 1 aliphatic heterocycles. The van der Waals surface area contributed by atoms with Crippen molar-refractivity contribution in [3.63, 3.8) is 0 Å². The summed E-state index contributed by atoms with van der Waals surface area (Å²) in [7, 11) is 0.298. The molecule has 1 aromatic heterocycles. The molecule has 0 radical (unpaired) electrons. The fraction of sp³-hybridized carbons (Fsp3) is 0.250. The van der Waals surface area contributed by atoms with Gasteiger partial charge in [-0.05, 0) is 29.8 Å². The molecule has 2 aromatic carbocycles. The van der Waals surface area contributed by atoms with Crippen LogP contribution in [0, 0.1) is 0 Å². The molecule has 27 heavy (non-hydrogen) atoms. The van der Waals surface area contributed by atoms with Crippen molar-refractivity contribution in [1.29, 1.82) is 0 Å². The summed E-state index contributed by atoms with van der Waals surface area (Å²) >= 11 is 1.65. The average Bonchev–Trinajstić information content (AvgIpc) is 3.18. The van der Waals surface area contributed by atoms with Crippen LogP contribution in [0.25, 0.3) is 10.8 Å². The molecule has 1 saturated heterocycles. The van der Waals surface area contributed by atoms with Crippen molar-refractivity contribution in [1.82, 2.24) is 9.29 Å². The second-order valence-corrected chi connectivity index (χ2v) is 9.69. The van der Waals surface area contributed by atoms with Crippen molar-refractivity contribution in [3.05, 3.63) is 66.5 Å². The second kappa shape index (κ2) is 7.14. The topological polar surface area (TPSA) is 53.5 Å². The summed E-state index contributed by atoms with van der Waals surface area (Å²) in [6.45, 7) is 0.504.